The Hall–Kier alpha value is -6.16. The molecule has 0 aliphatic carbocycles. The lowest BCUT2D eigenvalue weighted by atomic mass is 9.92. The lowest BCUT2D eigenvalue weighted by Gasteiger charge is -2.32. The highest BCUT2D eigenvalue weighted by Crippen LogP contribution is 2.49. The summed E-state index contributed by atoms with van der Waals surface area (Å²) in [7, 11) is 0. The Labute approximate surface area is 324 Å². The molecule has 0 spiro atoms. The number of anilines is 2. The molecule has 0 unspecified atom stereocenters. The van der Waals surface area contributed by atoms with E-state index in [2.05, 4.69) is 163 Å². The van der Waals surface area contributed by atoms with Crippen LogP contribution < -0.4 is 4.90 Å². The highest BCUT2D eigenvalue weighted by molar-refractivity contribution is 7.19. The lowest BCUT2D eigenvalue weighted by Crippen LogP contribution is -2.19. The van der Waals surface area contributed by atoms with Gasteiger partial charge in [0.15, 0.2) is 0 Å². The third-order valence-corrected chi connectivity index (χ3v) is 10.9. The van der Waals surface area contributed by atoms with Gasteiger partial charge >= 0.3 is 0 Å². The number of para-hydroxylation sites is 2. The molecule has 8 aromatic rings. The smallest absolute Gasteiger partial charge is 0.0679 e. The molecule has 0 saturated carbocycles. The molecule has 1 aliphatic rings. The summed E-state index contributed by atoms with van der Waals surface area (Å²) in [4.78, 5) is 3.81. The second kappa shape index (κ2) is 16.7. The number of thiophene rings is 1. The number of rotatable bonds is 5. The molecule has 0 atom stereocenters. The first-order valence-electron chi connectivity index (χ1n) is 18.8. The number of allylic oxidation sites excluding steroid dienone is 5. The summed E-state index contributed by atoms with van der Waals surface area (Å²) in [5, 5.41) is 3.79. The quantitative estimate of drug-likeness (QED) is 0.161. The molecule has 54 heavy (non-hydrogen) atoms. The molecule has 0 fully saturated rings. The minimum absolute atomic E-state index is 0.915. The van der Waals surface area contributed by atoms with Gasteiger partial charge in [-0.25, -0.2) is 0 Å². The van der Waals surface area contributed by atoms with Crippen LogP contribution in [-0.2, 0) is 6.42 Å². The molecule has 0 saturated heterocycles. The summed E-state index contributed by atoms with van der Waals surface area (Å²) in [5.74, 6) is 0. The van der Waals surface area contributed by atoms with E-state index in [-0.39, 0.29) is 0 Å². The average Bonchev–Trinajstić information content (AvgIpc) is 3.77. The predicted octanol–water partition coefficient (Wildman–Crippen LogP) is 15.1. The van der Waals surface area contributed by atoms with Gasteiger partial charge in [0.05, 0.1) is 22.4 Å². The van der Waals surface area contributed by atoms with Crippen LogP contribution in [0.2, 0.25) is 0 Å². The zero-order chi connectivity index (χ0) is 37.4. The van der Waals surface area contributed by atoms with Crippen molar-refractivity contribution in [2.45, 2.75) is 33.6 Å². The Morgan fingerprint density at radius 2 is 1.26 bits per heavy atom. The van der Waals surface area contributed by atoms with Gasteiger partial charge in [0.2, 0.25) is 0 Å². The van der Waals surface area contributed by atoms with E-state index in [1.807, 2.05) is 67.7 Å². The number of benzene rings is 6. The van der Waals surface area contributed by atoms with Crippen molar-refractivity contribution >= 4 is 60.2 Å². The van der Waals surface area contributed by atoms with Crippen LogP contribution in [0.15, 0.2) is 195 Å². The first kappa shape index (κ1) is 36.2. The summed E-state index contributed by atoms with van der Waals surface area (Å²) in [5.41, 5.74) is 11.8. The van der Waals surface area contributed by atoms with Gasteiger partial charge < -0.3 is 9.47 Å². The van der Waals surface area contributed by atoms with Crippen molar-refractivity contribution in [2.75, 3.05) is 4.90 Å². The minimum Gasteiger partial charge on any atom is -0.309 e. The van der Waals surface area contributed by atoms with Gasteiger partial charge in [-0.05, 0) is 97.1 Å². The van der Waals surface area contributed by atoms with Gasteiger partial charge in [-0.3, -0.25) is 0 Å². The number of aryl methyl sites for hydroxylation is 1. The maximum absolute atomic E-state index is 4.65. The number of hydrogen-bond donors (Lipinski definition) is 0. The molecule has 0 radical (unpaired) electrons. The molecule has 6 aromatic carbocycles. The molecular formula is C51H46N2S. The minimum atomic E-state index is 0.915. The van der Waals surface area contributed by atoms with Crippen LogP contribution in [0.1, 0.15) is 37.6 Å². The maximum atomic E-state index is 4.65. The Morgan fingerprint density at radius 1 is 0.648 bits per heavy atom. The third-order valence-electron chi connectivity index (χ3n) is 9.71. The van der Waals surface area contributed by atoms with Crippen molar-refractivity contribution < 1.29 is 0 Å². The fourth-order valence-corrected chi connectivity index (χ4v) is 8.56. The van der Waals surface area contributed by atoms with Crippen LogP contribution in [0.3, 0.4) is 0 Å². The van der Waals surface area contributed by atoms with E-state index in [0.717, 1.165) is 29.8 Å². The van der Waals surface area contributed by atoms with Crippen LogP contribution in [0, 0.1) is 0 Å². The summed E-state index contributed by atoms with van der Waals surface area (Å²) in [6.07, 6.45) is 10.1. The SMILES string of the molecule is C=C/C=C(\C=C/C)N1c2ccc(-c3ccc4c(c3)c3ccccc3n4-c3ccccc3)cc2C(=C)CCc2sc3ccccc3c21.CC.c1ccccc1. The van der Waals surface area contributed by atoms with E-state index in [1.54, 1.807) is 0 Å². The van der Waals surface area contributed by atoms with E-state index in [1.165, 1.54) is 64.8 Å². The monoisotopic (exact) mass is 718 g/mol. The van der Waals surface area contributed by atoms with Gasteiger partial charge in [-0.2, -0.15) is 0 Å². The molecule has 3 heteroatoms. The molecule has 9 rings (SSSR count). The van der Waals surface area contributed by atoms with Crippen molar-refractivity contribution in [3.8, 4) is 16.8 Å². The van der Waals surface area contributed by atoms with E-state index in [4.69, 9.17) is 0 Å². The number of nitrogens with zero attached hydrogens (tertiary/aromatic N) is 2. The summed E-state index contributed by atoms with van der Waals surface area (Å²) < 4.78 is 3.68. The lowest BCUT2D eigenvalue weighted by molar-refractivity contribution is 1.02. The summed E-state index contributed by atoms with van der Waals surface area (Å²) >= 11 is 1.90. The first-order chi connectivity index (χ1) is 26.7. The molecular weight excluding hydrogens is 673 g/mol. The van der Waals surface area contributed by atoms with Crippen LogP contribution in [0.4, 0.5) is 11.4 Å². The Morgan fingerprint density at radius 3 is 1.98 bits per heavy atom. The highest BCUT2D eigenvalue weighted by Gasteiger charge is 2.27. The second-order valence-corrected chi connectivity index (χ2v) is 14.1. The Balaban J connectivity index is 0.000000508. The molecule has 0 amide bonds. The van der Waals surface area contributed by atoms with Crippen LogP contribution in [0.5, 0.6) is 0 Å². The zero-order valence-electron chi connectivity index (χ0n) is 31.4. The first-order valence-corrected chi connectivity index (χ1v) is 19.6. The number of aromatic nitrogens is 1. The van der Waals surface area contributed by atoms with Gasteiger partial charge in [0, 0.05) is 42.7 Å². The fraction of sp³-hybridized carbons (Fsp3) is 0.0980. The van der Waals surface area contributed by atoms with Crippen molar-refractivity contribution in [1.29, 1.82) is 0 Å². The molecule has 2 nitrogen and oxygen atoms in total. The largest absolute Gasteiger partial charge is 0.309 e. The van der Waals surface area contributed by atoms with Crippen LogP contribution in [-0.4, -0.2) is 4.57 Å². The molecule has 0 N–H and O–H groups in total. The normalized spacial score (nSPS) is 12.7. The molecule has 3 heterocycles. The van der Waals surface area contributed by atoms with Gasteiger partial charge in [0.25, 0.3) is 0 Å². The van der Waals surface area contributed by atoms with Gasteiger partial charge in [0.1, 0.15) is 0 Å². The topological polar surface area (TPSA) is 8.17 Å². The fourth-order valence-electron chi connectivity index (χ4n) is 7.37. The average molecular weight is 719 g/mol. The zero-order valence-corrected chi connectivity index (χ0v) is 32.2. The van der Waals surface area contributed by atoms with E-state index in [9.17, 15) is 0 Å². The Bertz CT molecular complexity index is 2590. The van der Waals surface area contributed by atoms with Gasteiger partial charge in [-0.15, -0.1) is 11.3 Å². The number of hydrogen-bond acceptors (Lipinski definition) is 2. The molecule has 0 bridgehead atoms. The van der Waals surface area contributed by atoms with E-state index < -0.39 is 0 Å². The highest BCUT2D eigenvalue weighted by atomic mass is 32.1. The summed E-state index contributed by atoms with van der Waals surface area (Å²) in [6, 6.07) is 53.9. The maximum Gasteiger partial charge on any atom is 0.0679 e. The molecule has 266 valence electrons. The van der Waals surface area contributed by atoms with Crippen molar-refractivity contribution in [1.82, 2.24) is 4.57 Å². The predicted molar refractivity (Wildman–Crippen MR) is 238 cm³/mol. The van der Waals surface area contributed by atoms with Crippen molar-refractivity contribution in [3.05, 3.63) is 205 Å². The standard InChI is InChI=1S/C43H34N2S.C6H6.C2H6/c1-4-13-32(14-5-2)45-39-24-22-30(27-36(39)29(3)21-26-42-43(45)35-18-10-12-20-41(35)46-42)31-23-25-40-37(28-31)34-17-9-11-19-38(34)44(40)33-15-7-6-8-16-33;1-2-4-6-5-3-1;1-2/h4-20,22-25,27-28H,1,3,21,26H2,2H3;1-6H;1-2H3/b14-5-,32-13+;;. The van der Waals surface area contributed by atoms with Gasteiger partial charge in [-0.1, -0.05) is 142 Å². The second-order valence-electron chi connectivity index (χ2n) is 12.9. The summed E-state index contributed by atoms with van der Waals surface area (Å²) in [6.45, 7) is 14.8. The van der Waals surface area contributed by atoms with Crippen molar-refractivity contribution in [3.63, 3.8) is 0 Å². The van der Waals surface area contributed by atoms with E-state index >= 15 is 0 Å². The molecule has 2 aromatic heterocycles. The number of fused-ring (bicyclic) bond motifs is 7. The third kappa shape index (κ3) is 6.99. The van der Waals surface area contributed by atoms with Crippen LogP contribution >= 0.6 is 11.3 Å². The molecule has 1 aliphatic heterocycles. The van der Waals surface area contributed by atoms with E-state index in [0.29, 0.717) is 0 Å². The Kier molecular flexibility index (Phi) is 11.2. The van der Waals surface area contributed by atoms with Crippen LogP contribution in [0.25, 0.3) is 54.3 Å². The van der Waals surface area contributed by atoms with Crippen molar-refractivity contribution in [2.24, 2.45) is 0 Å².